The fourth-order valence-electron chi connectivity index (χ4n) is 1.38. The molecule has 0 unspecified atom stereocenters. The van der Waals surface area contributed by atoms with Gasteiger partial charge in [-0.3, -0.25) is 0 Å². The van der Waals surface area contributed by atoms with Gasteiger partial charge in [0.25, 0.3) is 0 Å². The first-order valence-electron chi connectivity index (χ1n) is 5.09. The Morgan fingerprint density at radius 2 is 2.15 bits per heavy atom. The molecule has 0 saturated heterocycles. The van der Waals surface area contributed by atoms with Crippen LogP contribution in [-0.4, -0.2) is 32.7 Å². The standard InChI is InChI=1S/C10H20ClNO/c1-13-7-3-2-6-12-9-10(8-11)4-5-10/h12H,2-9H2,1H3. The van der Waals surface area contributed by atoms with E-state index in [2.05, 4.69) is 5.32 Å². The lowest BCUT2D eigenvalue weighted by atomic mass is 10.1. The molecule has 0 aromatic heterocycles. The molecule has 1 aliphatic carbocycles. The number of hydrogen-bond donors (Lipinski definition) is 1. The first-order chi connectivity index (χ1) is 6.33. The quantitative estimate of drug-likeness (QED) is 0.484. The van der Waals surface area contributed by atoms with E-state index in [-0.39, 0.29) is 0 Å². The summed E-state index contributed by atoms with van der Waals surface area (Å²) in [5, 5.41) is 3.46. The van der Waals surface area contributed by atoms with E-state index in [0.29, 0.717) is 5.41 Å². The lowest BCUT2D eigenvalue weighted by Crippen LogP contribution is -2.26. The average Bonchev–Trinajstić information content (AvgIpc) is 2.92. The van der Waals surface area contributed by atoms with Crippen LogP contribution in [0.2, 0.25) is 0 Å². The Bertz CT molecular complexity index is 137. The first-order valence-corrected chi connectivity index (χ1v) is 5.62. The summed E-state index contributed by atoms with van der Waals surface area (Å²) in [5.41, 5.74) is 0.461. The molecule has 13 heavy (non-hydrogen) atoms. The van der Waals surface area contributed by atoms with Gasteiger partial charge < -0.3 is 10.1 Å². The van der Waals surface area contributed by atoms with E-state index >= 15 is 0 Å². The van der Waals surface area contributed by atoms with Crippen molar-refractivity contribution < 1.29 is 4.74 Å². The number of ether oxygens (including phenoxy) is 1. The number of methoxy groups -OCH3 is 1. The zero-order valence-electron chi connectivity index (χ0n) is 8.44. The SMILES string of the molecule is COCCCCNCC1(CCl)CC1. The van der Waals surface area contributed by atoms with Crippen molar-refractivity contribution in [2.45, 2.75) is 25.7 Å². The van der Waals surface area contributed by atoms with Crippen molar-refractivity contribution in [1.29, 1.82) is 0 Å². The average molecular weight is 206 g/mol. The highest BCUT2D eigenvalue weighted by molar-refractivity contribution is 6.18. The number of nitrogens with one attached hydrogen (secondary N) is 1. The molecule has 0 atom stereocenters. The van der Waals surface area contributed by atoms with Crippen molar-refractivity contribution in [3.63, 3.8) is 0 Å². The molecule has 1 rings (SSSR count). The monoisotopic (exact) mass is 205 g/mol. The van der Waals surface area contributed by atoms with Crippen molar-refractivity contribution in [1.82, 2.24) is 5.32 Å². The second-order valence-electron chi connectivity index (χ2n) is 4.01. The van der Waals surface area contributed by atoms with E-state index in [4.69, 9.17) is 16.3 Å². The van der Waals surface area contributed by atoms with Crippen LogP contribution in [0.5, 0.6) is 0 Å². The Morgan fingerprint density at radius 1 is 1.38 bits per heavy atom. The van der Waals surface area contributed by atoms with Crippen LogP contribution in [0.25, 0.3) is 0 Å². The fourth-order valence-corrected chi connectivity index (χ4v) is 1.75. The maximum absolute atomic E-state index is 5.86. The summed E-state index contributed by atoms with van der Waals surface area (Å²) in [7, 11) is 1.75. The van der Waals surface area contributed by atoms with Crippen LogP contribution in [0.4, 0.5) is 0 Å². The van der Waals surface area contributed by atoms with Crippen LogP contribution >= 0.6 is 11.6 Å². The van der Waals surface area contributed by atoms with E-state index in [1.165, 1.54) is 19.3 Å². The third-order valence-electron chi connectivity index (χ3n) is 2.69. The molecule has 0 aromatic carbocycles. The maximum atomic E-state index is 5.86. The molecular formula is C10H20ClNO. The van der Waals surface area contributed by atoms with Gasteiger partial charge in [-0.15, -0.1) is 11.6 Å². The normalized spacial score (nSPS) is 18.9. The molecule has 78 valence electrons. The van der Waals surface area contributed by atoms with Gasteiger partial charge in [0.05, 0.1) is 0 Å². The van der Waals surface area contributed by atoms with Gasteiger partial charge in [-0.25, -0.2) is 0 Å². The van der Waals surface area contributed by atoms with Crippen LogP contribution in [0.15, 0.2) is 0 Å². The van der Waals surface area contributed by atoms with Crippen LogP contribution in [0.3, 0.4) is 0 Å². The second-order valence-corrected chi connectivity index (χ2v) is 4.28. The highest BCUT2D eigenvalue weighted by Gasteiger charge is 2.40. The Labute approximate surface area is 86.0 Å². The molecule has 1 N–H and O–H groups in total. The number of hydrogen-bond acceptors (Lipinski definition) is 2. The summed E-state index contributed by atoms with van der Waals surface area (Å²) < 4.78 is 4.97. The van der Waals surface area contributed by atoms with E-state index in [0.717, 1.165) is 32.0 Å². The molecule has 1 saturated carbocycles. The van der Waals surface area contributed by atoms with Crippen LogP contribution in [-0.2, 0) is 4.74 Å². The molecule has 0 aromatic rings. The Balaban J connectivity index is 1.84. The zero-order valence-corrected chi connectivity index (χ0v) is 9.20. The maximum Gasteiger partial charge on any atom is 0.0462 e. The second kappa shape index (κ2) is 5.84. The summed E-state index contributed by atoms with van der Waals surface area (Å²) in [4.78, 5) is 0. The van der Waals surface area contributed by atoms with Crippen LogP contribution in [0, 0.1) is 5.41 Å². The minimum atomic E-state index is 0.461. The van der Waals surface area contributed by atoms with Gasteiger partial charge >= 0.3 is 0 Å². The summed E-state index contributed by atoms with van der Waals surface area (Å²) in [6.45, 7) is 3.08. The van der Waals surface area contributed by atoms with Gasteiger partial charge in [0, 0.05) is 26.1 Å². The van der Waals surface area contributed by atoms with Crippen molar-refractivity contribution in [3.05, 3.63) is 0 Å². The molecular weight excluding hydrogens is 186 g/mol. The first kappa shape index (κ1) is 11.3. The summed E-state index contributed by atoms with van der Waals surface area (Å²) in [6, 6.07) is 0. The molecule has 0 heterocycles. The van der Waals surface area contributed by atoms with Crippen molar-refractivity contribution in [3.8, 4) is 0 Å². The van der Waals surface area contributed by atoms with Gasteiger partial charge in [0.1, 0.15) is 0 Å². The molecule has 0 aliphatic heterocycles. The van der Waals surface area contributed by atoms with Crippen LogP contribution in [0.1, 0.15) is 25.7 Å². The Hall–Kier alpha value is 0.210. The number of rotatable bonds is 8. The van der Waals surface area contributed by atoms with Gasteiger partial charge in [-0.1, -0.05) is 0 Å². The van der Waals surface area contributed by atoms with E-state index in [9.17, 15) is 0 Å². The predicted octanol–water partition coefficient (Wildman–Crippen LogP) is 2.02. The van der Waals surface area contributed by atoms with Gasteiger partial charge in [0.15, 0.2) is 0 Å². The van der Waals surface area contributed by atoms with E-state index in [1.54, 1.807) is 7.11 Å². The summed E-state index contributed by atoms with van der Waals surface area (Å²) in [6.07, 6.45) is 4.97. The van der Waals surface area contributed by atoms with Crippen molar-refractivity contribution in [2.75, 3.05) is 32.7 Å². The third-order valence-corrected chi connectivity index (χ3v) is 3.26. The molecule has 0 bridgehead atoms. The molecule has 0 amide bonds. The molecule has 3 heteroatoms. The minimum Gasteiger partial charge on any atom is -0.385 e. The summed E-state index contributed by atoms with van der Waals surface area (Å²) in [5.74, 6) is 0.818. The predicted molar refractivity (Wildman–Crippen MR) is 56.4 cm³/mol. The Kier molecular flexibility index (Phi) is 5.07. The molecule has 2 nitrogen and oxygen atoms in total. The smallest absolute Gasteiger partial charge is 0.0462 e. The fraction of sp³-hybridized carbons (Fsp3) is 1.00. The lowest BCUT2D eigenvalue weighted by Gasteiger charge is -2.11. The topological polar surface area (TPSA) is 21.3 Å². The largest absolute Gasteiger partial charge is 0.385 e. The van der Waals surface area contributed by atoms with Gasteiger partial charge in [-0.2, -0.15) is 0 Å². The molecule has 0 radical (unpaired) electrons. The van der Waals surface area contributed by atoms with Gasteiger partial charge in [0.2, 0.25) is 0 Å². The van der Waals surface area contributed by atoms with Crippen LogP contribution < -0.4 is 5.32 Å². The van der Waals surface area contributed by atoms with Gasteiger partial charge in [-0.05, 0) is 37.6 Å². The highest BCUT2D eigenvalue weighted by Crippen LogP contribution is 2.45. The molecule has 1 fully saturated rings. The third kappa shape index (κ3) is 4.30. The number of halogens is 1. The molecule has 1 aliphatic rings. The van der Waals surface area contributed by atoms with Crippen molar-refractivity contribution >= 4 is 11.6 Å². The molecule has 0 spiro atoms. The summed E-state index contributed by atoms with van der Waals surface area (Å²) >= 11 is 5.86. The van der Waals surface area contributed by atoms with E-state index < -0.39 is 0 Å². The van der Waals surface area contributed by atoms with E-state index in [1.807, 2.05) is 0 Å². The Morgan fingerprint density at radius 3 is 2.69 bits per heavy atom. The zero-order chi connectivity index (χ0) is 9.57. The number of unbranched alkanes of at least 4 members (excludes halogenated alkanes) is 1. The highest BCUT2D eigenvalue weighted by atomic mass is 35.5. The minimum absolute atomic E-state index is 0.461. The lowest BCUT2D eigenvalue weighted by molar-refractivity contribution is 0.192. The van der Waals surface area contributed by atoms with Crippen molar-refractivity contribution in [2.24, 2.45) is 5.41 Å². The number of alkyl halides is 1.